The van der Waals surface area contributed by atoms with Gasteiger partial charge in [-0.3, -0.25) is 4.79 Å². The molecule has 1 aliphatic rings. The van der Waals surface area contributed by atoms with E-state index in [1.807, 2.05) is 5.32 Å². The Bertz CT molecular complexity index is 627. The van der Waals surface area contributed by atoms with Crippen LogP contribution >= 0.6 is 0 Å². The molecule has 0 saturated heterocycles. The van der Waals surface area contributed by atoms with Crippen LogP contribution in [-0.4, -0.2) is 39.3 Å². The molecule has 1 aromatic rings. The number of aliphatic hydroxyl groups is 1. The van der Waals surface area contributed by atoms with Crippen molar-refractivity contribution >= 4 is 17.7 Å². The third-order valence-corrected chi connectivity index (χ3v) is 3.70. The zero-order valence-electron chi connectivity index (χ0n) is 12.7. The molecule has 1 saturated carbocycles. The number of nitrogens with two attached hydrogens (primary N) is 1. The van der Waals surface area contributed by atoms with Crippen molar-refractivity contribution in [2.45, 2.75) is 44.0 Å². The molecule has 0 bridgehead atoms. The van der Waals surface area contributed by atoms with E-state index >= 15 is 0 Å². The molecule has 132 valence electrons. The number of hydrogen-bond donors (Lipinski definition) is 4. The highest BCUT2D eigenvalue weighted by Crippen LogP contribution is 2.27. The van der Waals surface area contributed by atoms with E-state index in [4.69, 9.17) is 5.73 Å². The molecule has 0 atom stereocenters. The summed E-state index contributed by atoms with van der Waals surface area (Å²) in [5.74, 6) is -1.25. The third-order valence-electron chi connectivity index (χ3n) is 3.70. The number of aromatic nitrogens is 2. The largest absolute Gasteiger partial charge is 0.430 e. The van der Waals surface area contributed by atoms with E-state index in [1.165, 1.54) is 0 Å². The molecule has 1 fully saturated rings. The summed E-state index contributed by atoms with van der Waals surface area (Å²) in [7, 11) is 0. The Labute approximate surface area is 136 Å². The summed E-state index contributed by atoms with van der Waals surface area (Å²) in [5, 5.41) is 14.4. The number of alkyl halides is 3. The first-order valence-electron chi connectivity index (χ1n) is 7.31. The number of rotatable bonds is 5. The summed E-state index contributed by atoms with van der Waals surface area (Å²) < 4.78 is 37.8. The van der Waals surface area contributed by atoms with E-state index in [0.29, 0.717) is 25.7 Å². The van der Waals surface area contributed by atoms with Crippen LogP contribution in [0.4, 0.5) is 24.9 Å². The monoisotopic (exact) mass is 345 g/mol. The number of carbonyl (C=O) groups excluding carboxylic acids is 1. The lowest BCUT2D eigenvalue weighted by Gasteiger charge is -2.26. The number of carbonyl (C=O) groups is 1. The number of allylic oxidation sites excluding steroid dienone is 1. The van der Waals surface area contributed by atoms with Crippen molar-refractivity contribution in [2.75, 3.05) is 10.6 Å². The maximum atomic E-state index is 12.6. The topological polar surface area (TPSA) is 113 Å². The molecule has 0 radical (unpaired) electrons. The van der Waals surface area contributed by atoms with E-state index < -0.39 is 17.8 Å². The maximum absolute atomic E-state index is 12.6. The number of nitrogens with one attached hydrogen (secondary N) is 2. The van der Waals surface area contributed by atoms with Crippen LogP contribution in [0.5, 0.6) is 0 Å². The lowest BCUT2D eigenvalue weighted by atomic mass is 9.93. The molecular formula is C14H18F3N5O2. The zero-order chi connectivity index (χ0) is 17.9. The Morgan fingerprint density at radius 1 is 1.33 bits per heavy atom. The van der Waals surface area contributed by atoms with E-state index in [9.17, 15) is 23.1 Å². The smallest absolute Gasteiger partial charge is 0.393 e. The predicted octanol–water partition coefficient (Wildman–Crippen LogP) is 1.78. The van der Waals surface area contributed by atoms with Gasteiger partial charge in [-0.15, -0.1) is 0 Å². The average molecular weight is 345 g/mol. The summed E-state index contributed by atoms with van der Waals surface area (Å²) in [6.45, 7) is 2.88. The summed E-state index contributed by atoms with van der Waals surface area (Å²) >= 11 is 0. The predicted molar refractivity (Wildman–Crippen MR) is 81.3 cm³/mol. The van der Waals surface area contributed by atoms with Crippen LogP contribution in [0.1, 0.15) is 36.0 Å². The van der Waals surface area contributed by atoms with Gasteiger partial charge in [-0.2, -0.15) is 18.2 Å². The van der Waals surface area contributed by atoms with Gasteiger partial charge in [0.2, 0.25) is 5.95 Å². The third kappa shape index (κ3) is 4.57. The fourth-order valence-electron chi connectivity index (χ4n) is 2.34. The van der Waals surface area contributed by atoms with Crippen molar-refractivity contribution in [2.24, 2.45) is 5.73 Å². The maximum Gasteiger partial charge on any atom is 0.430 e. The summed E-state index contributed by atoms with van der Waals surface area (Å²) in [5.41, 5.74) is 3.59. The number of nitrogens with zero attached hydrogens (tertiary/aromatic N) is 2. The highest BCUT2D eigenvalue weighted by molar-refractivity contribution is 5.97. The minimum Gasteiger partial charge on any atom is -0.393 e. The fraction of sp³-hybridized carbons (Fsp3) is 0.500. The van der Waals surface area contributed by atoms with E-state index in [-0.39, 0.29) is 29.5 Å². The van der Waals surface area contributed by atoms with Gasteiger partial charge in [-0.05, 0) is 25.7 Å². The lowest BCUT2D eigenvalue weighted by molar-refractivity contribution is -0.0899. The Morgan fingerprint density at radius 2 is 1.96 bits per heavy atom. The lowest BCUT2D eigenvalue weighted by Crippen LogP contribution is -2.29. The van der Waals surface area contributed by atoms with Crippen LogP contribution in [0.2, 0.25) is 0 Å². The molecule has 24 heavy (non-hydrogen) atoms. The van der Waals surface area contributed by atoms with E-state index in [0.717, 1.165) is 6.20 Å². The molecule has 1 aliphatic carbocycles. The van der Waals surface area contributed by atoms with Crippen molar-refractivity contribution < 1.29 is 23.1 Å². The number of hydrogen-bond acceptors (Lipinski definition) is 6. The number of anilines is 2. The number of halogens is 3. The van der Waals surface area contributed by atoms with Crippen LogP contribution in [0.3, 0.4) is 0 Å². The van der Waals surface area contributed by atoms with Crippen LogP contribution in [0.15, 0.2) is 18.5 Å². The molecule has 1 amide bonds. The van der Waals surface area contributed by atoms with Crippen LogP contribution in [0, 0.1) is 0 Å². The van der Waals surface area contributed by atoms with Gasteiger partial charge in [0.05, 0.1) is 6.10 Å². The molecule has 1 heterocycles. The first kappa shape index (κ1) is 18.0. The highest BCUT2D eigenvalue weighted by Gasteiger charge is 2.33. The second kappa shape index (κ2) is 7.04. The second-order valence-corrected chi connectivity index (χ2v) is 5.57. The second-order valence-electron chi connectivity index (χ2n) is 5.57. The molecular weight excluding hydrogens is 327 g/mol. The van der Waals surface area contributed by atoms with Gasteiger partial charge in [-0.25, -0.2) is 4.98 Å². The molecule has 7 nitrogen and oxygen atoms in total. The van der Waals surface area contributed by atoms with Gasteiger partial charge in [0.1, 0.15) is 17.1 Å². The first-order valence-corrected chi connectivity index (χ1v) is 7.31. The fourth-order valence-corrected chi connectivity index (χ4v) is 2.34. The van der Waals surface area contributed by atoms with Crippen molar-refractivity contribution in [1.82, 2.24) is 9.97 Å². The SMILES string of the molecule is C=C(Nc1nc(N[C@H]2CC[C@H](O)CC2)ncc1C(N)=O)C(F)(F)F. The molecule has 10 heteroatoms. The number of amides is 1. The highest BCUT2D eigenvalue weighted by atomic mass is 19.4. The molecule has 0 spiro atoms. The molecule has 2 rings (SSSR count). The van der Waals surface area contributed by atoms with Gasteiger partial charge in [0, 0.05) is 12.2 Å². The van der Waals surface area contributed by atoms with Crippen molar-refractivity contribution in [3.8, 4) is 0 Å². The Hall–Kier alpha value is -2.36. The van der Waals surface area contributed by atoms with Gasteiger partial charge in [-0.1, -0.05) is 6.58 Å². The molecule has 5 N–H and O–H groups in total. The molecule has 0 unspecified atom stereocenters. The van der Waals surface area contributed by atoms with E-state index in [2.05, 4.69) is 21.9 Å². The summed E-state index contributed by atoms with van der Waals surface area (Å²) in [6, 6.07) is -0.00787. The van der Waals surface area contributed by atoms with Gasteiger partial charge >= 0.3 is 6.18 Å². The molecule has 0 aromatic carbocycles. The van der Waals surface area contributed by atoms with Gasteiger partial charge in [0.25, 0.3) is 5.91 Å². The van der Waals surface area contributed by atoms with Gasteiger partial charge in [0.15, 0.2) is 0 Å². The molecule has 1 aromatic heterocycles. The van der Waals surface area contributed by atoms with Crippen LogP contribution in [-0.2, 0) is 0 Å². The van der Waals surface area contributed by atoms with E-state index in [1.54, 1.807) is 0 Å². The Morgan fingerprint density at radius 3 is 2.50 bits per heavy atom. The van der Waals surface area contributed by atoms with Crippen molar-refractivity contribution in [3.05, 3.63) is 24.0 Å². The van der Waals surface area contributed by atoms with Crippen LogP contribution in [0.25, 0.3) is 0 Å². The first-order chi connectivity index (χ1) is 11.2. The van der Waals surface area contributed by atoms with Crippen LogP contribution < -0.4 is 16.4 Å². The van der Waals surface area contributed by atoms with Gasteiger partial charge < -0.3 is 21.5 Å². The zero-order valence-corrected chi connectivity index (χ0v) is 12.7. The minimum atomic E-state index is -4.69. The van der Waals surface area contributed by atoms with Crippen molar-refractivity contribution in [3.63, 3.8) is 0 Å². The average Bonchev–Trinajstić information content (AvgIpc) is 2.48. The standard InChI is InChI=1S/C14H18F3N5O2/c1-7(14(15,16)17)20-12-10(11(18)24)6-19-13(22-12)21-8-2-4-9(23)5-3-8/h6,8-9,23H,1-5H2,(H2,18,24)(H2,19,20,21,22)/t8-,9-. The Balaban J connectivity index is 2.18. The number of primary amides is 1. The summed E-state index contributed by atoms with van der Waals surface area (Å²) in [4.78, 5) is 19.1. The minimum absolute atomic E-state index is 0.00787. The van der Waals surface area contributed by atoms with Crippen molar-refractivity contribution in [1.29, 1.82) is 0 Å². The molecule has 0 aliphatic heterocycles. The normalized spacial score (nSPS) is 21.2. The quantitative estimate of drug-likeness (QED) is 0.647. The number of aliphatic hydroxyl groups excluding tert-OH is 1. The summed E-state index contributed by atoms with van der Waals surface area (Å²) in [6.07, 6.45) is -1.37. The Kier molecular flexibility index (Phi) is 5.27.